The fraction of sp³-hybridized carbons (Fsp3) is 0.444. The molecule has 0 spiro atoms. The highest BCUT2D eigenvalue weighted by molar-refractivity contribution is 5.92. The van der Waals surface area contributed by atoms with Gasteiger partial charge in [-0.1, -0.05) is 0 Å². The van der Waals surface area contributed by atoms with Crippen LogP contribution in [0, 0.1) is 0 Å². The van der Waals surface area contributed by atoms with Gasteiger partial charge in [-0.25, -0.2) is 4.79 Å². The van der Waals surface area contributed by atoms with Gasteiger partial charge in [0, 0.05) is 10.9 Å². The summed E-state index contributed by atoms with van der Waals surface area (Å²) < 4.78 is 5.60. The normalized spacial score (nSPS) is 18.4. The molecule has 0 bridgehead atoms. The van der Waals surface area contributed by atoms with Crippen LogP contribution in [-0.4, -0.2) is 22.5 Å². The van der Waals surface area contributed by atoms with E-state index in [0.29, 0.717) is 12.8 Å². The van der Waals surface area contributed by atoms with Crippen LogP contribution in [0.3, 0.4) is 0 Å². The predicted molar refractivity (Wildman–Crippen MR) is 84.3 cm³/mol. The van der Waals surface area contributed by atoms with E-state index in [1.807, 2.05) is 0 Å². The second-order valence-electron chi connectivity index (χ2n) is 6.70. The Morgan fingerprint density at radius 1 is 1.17 bits per heavy atom. The molecule has 1 aromatic carbocycles. The van der Waals surface area contributed by atoms with E-state index in [1.165, 1.54) is 17.5 Å². The minimum Gasteiger partial charge on any atom is -0.480 e. The van der Waals surface area contributed by atoms with E-state index in [-0.39, 0.29) is 12.3 Å². The van der Waals surface area contributed by atoms with Gasteiger partial charge in [-0.3, -0.25) is 4.79 Å². The van der Waals surface area contributed by atoms with Crippen molar-refractivity contribution in [3.8, 4) is 0 Å². The standard InChI is InChI=1S/C18H19NO4/c20-16(19-18(17(21)22)5-2-6-18)9-13-10-23-15-8-12-4-1-3-11(12)7-14(13)15/h7-8,10H,1-6,9H2,(H,19,20)(H,21,22). The molecular formula is C18H19NO4. The molecule has 1 fully saturated rings. The van der Waals surface area contributed by atoms with Gasteiger partial charge in [0.2, 0.25) is 5.91 Å². The van der Waals surface area contributed by atoms with E-state index >= 15 is 0 Å². The molecule has 0 saturated heterocycles. The molecule has 2 N–H and O–H groups in total. The van der Waals surface area contributed by atoms with Gasteiger partial charge < -0.3 is 14.8 Å². The first-order valence-corrected chi connectivity index (χ1v) is 8.14. The summed E-state index contributed by atoms with van der Waals surface area (Å²) >= 11 is 0. The highest BCUT2D eigenvalue weighted by Gasteiger charge is 2.45. The van der Waals surface area contributed by atoms with Crippen LogP contribution in [0.25, 0.3) is 11.0 Å². The zero-order valence-corrected chi connectivity index (χ0v) is 12.9. The summed E-state index contributed by atoms with van der Waals surface area (Å²) in [6.07, 6.45) is 6.95. The Labute approximate surface area is 133 Å². The van der Waals surface area contributed by atoms with Crippen LogP contribution >= 0.6 is 0 Å². The van der Waals surface area contributed by atoms with Crippen molar-refractivity contribution >= 4 is 22.8 Å². The van der Waals surface area contributed by atoms with Gasteiger partial charge in [0.25, 0.3) is 0 Å². The van der Waals surface area contributed by atoms with E-state index < -0.39 is 11.5 Å². The third kappa shape index (κ3) is 2.31. The SMILES string of the molecule is O=C(Cc1coc2cc3c(cc12)CCC3)NC1(C(=O)O)CCC1. The van der Waals surface area contributed by atoms with Crippen molar-refractivity contribution in [3.05, 3.63) is 35.1 Å². The summed E-state index contributed by atoms with van der Waals surface area (Å²) in [5.74, 6) is -1.19. The minimum atomic E-state index is -1.06. The fourth-order valence-electron chi connectivity index (χ4n) is 3.69. The van der Waals surface area contributed by atoms with Gasteiger partial charge in [0.05, 0.1) is 12.7 Å². The van der Waals surface area contributed by atoms with Crippen molar-refractivity contribution in [2.75, 3.05) is 0 Å². The Balaban J connectivity index is 1.56. The van der Waals surface area contributed by atoms with Crippen molar-refractivity contribution in [3.63, 3.8) is 0 Å². The first-order chi connectivity index (χ1) is 11.1. The second kappa shape index (κ2) is 5.11. The van der Waals surface area contributed by atoms with Crippen LogP contribution in [0.15, 0.2) is 22.8 Å². The smallest absolute Gasteiger partial charge is 0.329 e. The molecule has 1 saturated carbocycles. The van der Waals surface area contributed by atoms with E-state index in [0.717, 1.165) is 35.8 Å². The van der Waals surface area contributed by atoms with Crippen LogP contribution < -0.4 is 5.32 Å². The quantitative estimate of drug-likeness (QED) is 0.909. The van der Waals surface area contributed by atoms with Crippen LogP contribution in [0.4, 0.5) is 0 Å². The van der Waals surface area contributed by atoms with Gasteiger partial charge in [-0.2, -0.15) is 0 Å². The van der Waals surface area contributed by atoms with Gasteiger partial charge >= 0.3 is 5.97 Å². The highest BCUT2D eigenvalue weighted by atomic mass is 16.4. The van der Waals surface area contributed by atoms with E-state index in [1.54, 1.807) is 6.26 Å². The molecule has 1 amide bonds. The van der Waals surface area contributed by atoms with Crippen molar-refractivity contribution in [2.24, 2.45) is 0 Å². The number of hydrogen-bond donors (Lipinski definition) is 2. The number of carboxylic acid groups (broad SMARTS) is 1. The zero-order chi connectivity index (χ0) is 16.0. The molecule has 5 heteroatoms. The molecule has 2 aliphatic rings. The summed E-state index contributed by atoms with van der Waals surface area (Å²) in [4.78, 5) is 23.6. The molecule has 0 atom stereocenters. The average Bonchev–Trinajstić information content (AvgIpc) is 3.07. The van der Waals surface area contributed by atoms with Gasteiger partial charge in [0.1, 0.15) is 11.1 Å². The lowest BCUT2D eigenvalue weighted by Crippen LogP contribution is -2.59. The van der Waals surface area contributed by atoms with Gasteiger partial charge in [0.15, 0.2) is 0 Å². The van der Waals surface area contributed by atoms with Crippen LogP contribution in [0.1, 0.15) is 42.4 Å². The Kier molecular flexibility index (Phi) is 3.18. The topological polar surface area (TPSA) is 79.5 Å². The minimum absolute atomic E-state index is 0.154. The Hall–Kier alpha value is -2.30. The summed E-state index contributed by atoms with van der Waals surface area (Å²) in [7, 11) is 0. The molecule has 5 nitrogen and oxygen atoms in total. The Morgan fingerprint density at radius 3 is 2.57 bits per heavy atom. The third-order valence-electron chi connectivity index (χ3n) is 5.21. The number of carboxylic acids is 1. The number of aryl methyl sites for hydroxylation is 2. The molecule has 1 heterocycles. The molecule has 1 aromatic heterocycles. The Bertz CT molecular complexity index is 801. The number of furan rings is 1. The lowest BCUT2D eigenvalue weighted by molar-refractivity contribution is -0.151. The van der Waals surface area contributed by atoms with Crippen molar-refractivity contribution in [2.45, 2.75) is 50.5 Å². The van der Waals surface area contributed by atoms with E-state index in [4.69, 9.17) is 4.42 Å². The maximum Gasteiger partial charge on any atom is 0.329 e. The van der Waals surface area contributed by atoms with Crippen LogP contribution in [-0.2, 0) is 28.9 Å². The van der Waals surface area contributed by atoms with Crippen molar-refractivity contribution in [1.29, 1.82) is 0 Å². The van der Waals surface area contributed by atoms with Crippen molar-refractivity contribution < 1.29 is 19.1 Å². The lowest BCUT2D eigenvalue weighted by Gasteiger charge is -2.38. The number of fused-ring (bicyclic) bond motifs is 2. The first kappa shape index (κ1) is 14.3. The summed E-state index contributed by atoms with van der Waals surface area (Å²) in [6.45, 7) is 0. The third-order valence-corrected chi connectivity index (χ3v) is 5.21. The Morgan fingerprint density at radius 2 is 1.91 bits per heavy atom. The summed E-state index contributed by atoms with van der Waals surface area (Å²) in [5, 5.41) is 13.0. The highest BCUT2D eigenvalue weighted by Crippen LogP contribution is 2.33. The number of rotatable bonds is 4. The van der Waals surface area contributed by atoms with Crippen LogP contribution in [0.5, 0.6) is 0 Å². The number of nitrogens with one attached hydrogen (secondary N) is 1. The predicted octanol–water partition coefficient (Wildman–Crippen LogP) is 2.59. The maximum absolute atomic E-state index is 12.3. The number of aliphatic carboxylic acids is 1. The molecule has 0 aliphatic heterocycles. The summed E-state index contributed by atoms with van der Waals surface area (Å²) in [6, 6.07) is 4.20. The molecule has 120 valence electrons. The number of hydrogen-bond acceptors (Lipinski definition) is 3. The van der Waals surface area contributed by atoms with Crippen molar-refractivity contribution in [1.82, 2.24) is 5.32 Å². The van der Waals surface area contributed by atoms with E-state index in [2.05, 4.69) is 17.4 Å². The molecule has 0 unspecified atom stereocenters. The van der Waals surface area contributed by atoms with E-state index in [9.17, 15) is 14.7 Å². The fourth-order valence-corrected chi connectivity index (χ4v) is 3.69. The number of carbonyl (C=O) groups excluding carboxylic acids is 1. The molecular weight excluding hydrogens is 294 g/mol. The molecule has 23 heavy (non-hydrogen) atoms. The van der Waals surface area contributed by atoms with Gasteiger partial charge in [-0.05, 0) is 61.8 Å². The zero-order valence-electron chi connectivity index (χ0n) is 12.9. The maximum atomic E-state index is 12.3. The number of benzene rings is 1. The lowest BCUT2D eigenvalue weighted by atomic mass is 9.76. The molecule has 0 radical (unpaired) electrons. The largest absolute Gasteiger partial charge is 0.480 e. The molecule has 2 aliphatic carbocycles. The average molecular weight is 313 g/mol. The first-order valence-electron chi connectivity index (χ1n) is 8.14. The molecule has 4 rings (SSSR count). The van der Waals surface area contributed by atoms with Gasteiger partial charge in [-0.15, -0.1) is 0 Å². The molecule has 2 aromatic rings. The number of amides is 1. The van der Waals surface area contributed by atoms with Crippen LogP contribution in [0.2, 0.25) is 0 Å². The number of carbonyl (C=O) groups is 2. The second-order valence-corrected chi connectivity index (χ2v) is 6.70. The summed E-state index contributed by atoms with van der Waals surface area (Å²) in [5.41, 5.74) is 3.25. The monoisotopic (exact) mass is 313 g/mol.